The molecule has 1 aliphatic heterocycles. The van der Waals surface area contributed by atoms with E-state index in [2.05, 4.69) is 0 Å². The smallest absolute Gasteiger partial charge is 0.349 e. The first kappa shape index (κ1) is 15.3. The Morgan fingerprint density at radius 2 is 1.65 bits per heavy atom. The minimum Gasteiger partial charge on any atom is -0.493 e. The van der Waals surface area contributed by atoms with Gasteiger partial charge in [-0.2, -0.15) is 8.78 Å². The number of carbonyl (C=O) groups is 1. The van der Waals surface area contributed by atoms with Crippen molar-refractivity contribution in [3.63, 3.8) is 0 Å². The summed E-state index contributed by atoms with van der Waals surface area (Å²) in [5.74, 6) is -3.87. The third-order valence-corrected chi connectivity index (χ3v) is 3.86. The number of amides is 1. The number of hydrogen-bond donors (Lipinski definition) is 0. The minimum absolute atomic E-state index is 0.288. The van der Waals surface area contributed by atoms with Crippen LogP contribution in [0.3, 0.4) is 0 Å². The Balaban J connectivity index is 2.04. The molecule has 0 saturated carbocycles. The average molecular weight is 319 g/mol. The topological polar surface area (TPSA) is 38.8 Å². The van der Waals surface area contributed by atoms with Crippen LogP contribution in [0.1, 0.15) is 11.6 Å². The predicted molar refractivity (Wildman–Crippen MR) is 81.2 cm³/mol. The molecule has 6 heteroatoms. The lowest BCUT2D eigenvalue weighted by Gasteiger charge is -2.46. The Morgan fingerprint density at radius 1 is 1.00 bits per heavy atom. The molecule has 0 aromatic heterocycles. The fraction of sp³-hybridized carbons (Fsp3) is 0.235. The van der Waals surface area contributed by atoms with Crippen molar-refractivity contribution in [1.29, 1.82) is 0 Å². The van der Waals surface area contributed by atoms with Gasteiger partial charge < -0.3 is 9.47 Å². The van der Waals surface area contributed by atoms with Gasteiger partial charge in [0.25, 0.3) is 0 Å². The molecule has 0 bridgehead atoms. The summed E-state index contributed by atoms with van der Waals surface area (Å²) in [5, 5.41) is 0. The number of β-lactam (4-membered cyclic amide) rings is 1. The SMILES string of the molecule is COc1ccc(C2N(c3ccccc3)C(=O)C2(F)F)cc1OC. The highest BCUT2D eigenvalue weighted by Gasteiger charge is 2.64. The number of rotatable bonds is 4. The van der Waals surface area contributed by atoms with E-state index in [-0.39, 0.29) is 5.56 Å². The molecule has 4 nitrogen and oxygen atoms in total. The molecule has 1 saturated heterocycles. The van der Waals surface area contributed by atoms with E-state index in [9.17, 15) is 13.6 Å². The maximum absolute atomic E-state index is 14.2. The third-order valence-electron chi connectivity index (χ3n) is 3.86. The molecule has 0 aliphatic carbocycles. The Bertz CT molecular complexity index is 734. The van der Waals surface area contributed by atoms with Gasteiger partial charge in [0.1, 0.15) is 6.04 Å². The van der Waals surface area contributed by atoms with E-state index in [1.54, 1.807) is 36.4 Å². The predicted octanol–water partition coefficient (Wildman–Crippen LogP) is 3.43. The quantitative estimate of drug-likeness (QED) is 0.811. The van der Waals surface area contributed by atoms with Crippen LogP contribution in [0.5, 0.6) is 11.5 Å². The van der Waals surface area contributed by atoms with Crippen LogP contribution in [0, 0.1) is 0 Å². The Kier molecular flexibility index (Phi) is 3.67. The second-order valence-corrected chi connectivity index (χ2v) is 5.15. The van der Waals surface area contributed by atoms with Crippen molar-refractivity contribution in [3.05, 3.63) is 54.1 Å². The summed E-state index contributed by atoms with van der Waals surface area (Å²) in [5.41, 5.74) is 0.722. The van der Waals surface area contributed by atoms with E-state index in [4.69, 9.17) is 9.47 Å². The fourth-order valence-corrected chi connectivity index (χ4v) is 2.73. The molecular formula is C17H15F2NO3. The molecule has 23 heavy (non-hydrogen) atoms. The van der Waals surface area contributed by atoms with E-state index >= 15 is 0 Å². The number of benzene rings is 2. The largest absolute Gasteiger partial charge is 0.493 e. The van der Waals surface area contributed by atoms with Gasteiger partial charge in [0.05, 0.1) is 14.2 Å². The van der Waals surface area contributed by atoms with Crippen LogP contribution in [0.2, 0.25) is 0 Å². The van der Waals surface area contributed by atoms with Crippen molar-refractivity contribution >= 4 is 11.6 Å². The normalized spacial score (nSPS) is 19.2. The standard InChI is InChI=1S/C17H15F2NO3/c1-22-13-9-8-11(10-14(13)23-2)15-17(18,19)16(21)20(15)12-6-4-3-5-7-12/h3-10,15H,1-2H3. The Hall–Kier alpha value is -2.63. The van der Waals surface area contributed by atoms with Crippen molar-refractivity contribution in [2.45, 2.75) is 12.0 Å². The lowest BCUT2D eigenvalue weighted by atomic mass is 9.88. The molecule has 1 atom stereocenters. The number of nitrogens with zero attached hydrogens (tertiary/aromatic N) is 1. The Morgan fingerprint density at radius 3 is 2.26 bits per heavy atom. The number of ether oxygens (including phenoxy) is 2. The number of hydrogen-bond acceptors (Lipinski definition) is 3. The van der Waals surface area contributed by atoms with Crippen LogP contribution in [0.15, 0.2) is 48.5 Å². The molecule has 1 heterocycles. The first-order valence-electron chi connectivity index (χ1n) is 6.99. The highest BCUT2D eigenvalue weighted by Crippen LogP contribution is 2.50. The van der Waals surface area contributed by atoms with Crippen LogP contribution in [-0.4, -0.2) is 26.0 Å². The van der Waals surface area contributed by atoms with Crippen molar-refractivity contribution in [2.75, 3.05) is 19.1 Å². The zero-order valence-electron chi connectivity index (χ0n) is 12.6. The van der Waals surface area contributed by atoms with Gasteiger partial charge in [-0.25, -0.2) is 0 Å². The van der Waals surface area contributed by atoms with Crippen LogP contribution >= 0.6 is 0 Å². The summed E-state index contributed by atoms with van der Waals surface area (Å²) < 4.78 is 38.6. The molecule has 2 aromatic carbocycles. The maximum Gasteiger partial charge on any atom is 0.349 e. The van der Waals surface area contributed by atoms with Crippen molar-refractivity contribution in [3.8, 4) is 11.5 Å². The van der Waals surface area contributed by atoms with E-state index < -0.39 is 17.9 Å². The van der Waals surface area contributed by atoms with Crippen LogP contribution < -0.4 is 14.4 Å². The van der Waals surface area contributed by atoms with Gasteiger partial charge in [-0.1, -0.05) is 24.3 Å². The highest BCUT2D eigenvalue weighted by molar-refractivity contribution is 6.07. The molecule has 3 rings (SSSR count). The fourth-order valence-electron chi connectivity index (χ4n) is 2.73. The second kappa shape index (κ2) is 5.53. The number of alkyl halides is 2. The van der Waals surface area contributed by atoms with Crippen LogP contribution in [0.4, 0.5) is 14.5 Å². The molecule has 0 radical (unpaired) electrons. The summed E-state index contributed by atoms with van der Waals surface area (Å²) >= 11 is 0. The minimum atomic E-state index is -3.45. The lowest BCUT2D eigenvalue weighted by molar-refractivity contribution is -0.162. The van der Waals surface area contributed by atoms with Gasteiger partial charge in [-0.05, 0) is 29.8 Å². The molecule has 1 unspecified atom stereocenters. The van der Waals surface area contributed by atoms with Crippen molar-refractivity contribution in [2.24, 2.45) is 0 Å². The van der Waals surface area contributed by atoms with Crippen molar-refractivity contribution < 1.29 is 23.0 Å². The molecule has 120 valence electrons. The average Bonchev–Trinajstić information content (AvgIpc) is 2.59. The summed E-state index contributed by atoms with van der Waals surface area (Å²) in [6.07, 6.45) is 0. The maximum atomic E-state index is 14.2. The van der Waals surface area contributed by atoms with Gasteiger partial charge in [0.15, 0.2) is 11.5 Å². The number of methoxy groups -OCH3 is 2. The van der Waals surface area contributed by atoms with E-state index in [0.29, 0.717) is 17.2 Å². The lowest BCUT2D eigenvalue weighted by Crippen LogP contribution is -2.64. The highest BCUT2D eigenvalue weighted by atomic mass is 19.3. The van der Waals surface area contributed by atoms with Gasteiger partial charge in [-0.3, -0.25) is 9.69 Å². The zero-order chi connectivity index (χ0) is 16.6. The molecule has 1 aliphatic rings. The third kappa shape index (κ3) is 2.30. The van der Waals surface area contributed by atoms with E-state index in [0.717, 1.165) is 4.90 Å². The van der Waals surface area contributed by atoms with Gasteiger partial charge in [0, 0.05) is 5.69 Å². The Labute approximate surface area is 132 Å². The molecular weight excluding hydrogens is 304 g/mol. The zero-order valence-corrected chi connectivity index (χ0v) is 12.6. The molecule has 0 N–H and O–H groups in total. The first-order valence-corrected chi connectivity index (χ1v) is 6.99. The van der Waals surface area contributed by atoms with Crippen LogP contribution in [0.25, 0.3) is 0 Å². The molecule has 0 spiro atoms. The van der Waals surface area contributed by atoms with Gasteiger partial charge in [-0.15, -0.1) is 0 Å². The van der Waals surface area contributed by atoms with E-state index in [1.807, 2.05) is 0 Å². The molecule has 1 amide bonds. The molecule has 2 aromatic rings. The van der Waals surface area contributed by atoms with Crippen molar-refractivity contribution in [1.82, 2.24) is 0 Å². The number of halogens is 2. The van der Waals surface area contributed by atoms with Gasteiger partial charge >= 0.3 is 11.8 Å². The summed E-state index contributed by atoms with van der Waals surface area (Å²) in [6.45, 7) is 0. The first-order chi connectivity index (χ1) is 11.0. The summed E-state index contributed by atoms with van der Waals surface area (Å²) in [6, 6.07) is 11.6. The molecule has 1 fully saturated rings. The summed E-state index contributed by atoms with van der Waals surface area (Å²) in [7, 11) is 2.90. The number of para-hydroxylation sites is 1. The van der Waals surface area contributed by atoms with Crippen LogP contribution in [-0.2, 0) is 4.79 Å². The monoisotopic (exact) mass is 319 g/mol. The summed E-state index contributed by atoms with van der Waals surface area (Å²) in [4.78, 5) is 13.0. The number of carbonyl (C=O) groups excluding carboxylic acids is 1. The second-order valence-electron chi connectivity index (χ2n) is 5.15. The number of anilines is 1. The van der Waals surface area contributed by atoms with E-state index in [1.165, 1.54) is 26.4 Å². The van der Waals surface area contributed by atoms with Gasteiger partial charge in [0.2, 0.25) is 0 Å².